The topological polar surface area (TPSA) is 71.3 Å². The zero-order valence-electron chi connectivity index (χ0n) is 12.5. The van der Waals surface area contributed by atoms with Gasteiger partial charge < -0.3 is 9.84 Å². The molecule has 0 atom stereocenters. The lowest BCUT2D eigenvalue weighted by atomic mass is 9.96. The Hall–Kier alpha value is -1.43. The first-order valence-corrected chi connectivity index (χ1v) is 6.69. The monoisotopic (exact) mass is 268 g/mol. The Bertz CT molecular complexity index is 409. The zero-order chi connectivity index (χ0) is 14.5. The second kappa shape index (κ2) is 6.65. The molecule has 6 nitrogen and oxygen atoms in total. The van der Waals surface area contributed by atoms with Gasteiger partial charge in [0.25, 0.3) is 0 Å². The van der Waals surface area contributed by atoms with Crippen molar-refractivity contribution in [3.63, 3.8) is 0 Å². The number of nitrogens with one attached hydrogen (secondary N) is 1. The van der Waals surface area contributed by atoms with E-state index in [2.05, 4.69) is 15.5 Å². The summed E-state index contributed by atoms with van der Waals surface area (Å²) in [6, 6.07) is 0. The summed E-state index contributed by atoms with van der Waals surface area (Å²) in [6.07, 6.45) is 0. The Labute approximate surface area is 114 Å². The van der Waals surface area contributed by atoms with Crippen molar-refractivity contribution in [1.82, 2.24) is 20.4 Å². The smallest absolute Gasteiger partial charge is 0.240 e. The molecule has 0 radical (unpaired) electrons. The number of carbonyl (C=O) groups excluding carboxylic acids is 1. The van der Waals surface area contributed by atoms with Crippen LogP contribution in [0.5, 0.6) is 0 Å². The Kier molecular flexibility index (Phi) is 5.47. The molecule has 1 amide bonds. The summed E-state index contributed by atoms with van der Waals surface area (Å²) < 4.78 is 5.23. The molecule has 0 spiro atoms. The summed E-state index contributed by atoms with van der Waals surface area (Å²) in [7, 11) is 0. The molecule has 1 aromatic heterocycles. The average Bonchev–Trinajstić information content (AvgIpc) is 2.76. The largest absolute Gasteiger partial charge is 0.355 e. The predicted molar refractivity (Wildman–Crippen MR) is 72.6 cm³/mol. The molecule has 0 aliphatic heterocycles. The number of amides is 1. The molecule has 0 bridgehead atoms. The second-order valence-electron chi connectivity index (χ2n) is 5.52. The van der Waals surface area contributed by atoms with E-state index in [1.165, 1.54) is 0 Å². The SMILES string of the molecule is CCNC(=O)CN(CC)Cc1nc(C(C)(C)C)no1. The predicted octanol–water partition coefficient (Wildman–Crippen LogP) is 1.33. The van der Waals surface area contributed by atoms with E-state index in [9.17, 15) is 4.79 Å². The molecular formula is C13H24N4O2. The van der Waals surface area contributed by atoms with E-state index in [1.54, 1.807) is 0 Å². The number of rotatable bonds is 6. The van der Waals surface area contributed by atoms with Gasteiger partial charge in [-0.3, -0.25) is 9.69 Å². The van der Waals surface area contributed by atoms with Gasteiger partial charge in [-0.2, -0.15) is 4.98 Å². The molecule has 0 aromatic carbocycles. The van der Waals surface area contributed by atoms with E-state index in [0.29, 0.717) is 31.3 Å². The lowest BCUT2D eigenvalue weighted by Gasteiger charge is -2.17. The third kappa shape index (κ3) is 4.98. The van der Waals surface area contributed by atoms with Crippen LogP contribution < -0.4 is 5.32 Å². The van der Waals surface area contributed by atoms with Gasteiger partial charge in [-0.25, -0.2) is 0 Å². The first-order valence-electron chi connectivity index (χ1n) is 6.69. The normalized spacial score (nSPS) is 11.9. The molecule has 0 fully saturated rings. The van der Waals surface area contributed by atoms with Gasteiger partial charge in [0, 0.05) is 12.0 Å². The first kappa shape index (κ1) is 15.6. The molecule has 108 valence electrons. The molecule has 1 heterocycles. The highest BCUT2D eigenvalue weighted by atomic mass is 16.5. The summed E-state index contributed by atoms with van der Waals surface area (Å²) in [5, 5.41) is 6.76. The minimum atomic E-state index is -0.127. The van der Waals surface area contributed by atoms with E-state index < -0.39 is 0 Å². The van der Waals surface area contributed by atoms with Crippen LogP contribution >= 0.6 is 0 Å². The van der Waals surface area contributed by atoms with E-state index in [1.807, 2.05) is 39.5 Å². The Morgan fingerprint density at radius 3 is 2.53 bits per heavy atom. The van der Waals surface area contributed by atoms with Crippen molar-refractivity contribution in [3.8, 4) is 0 Å². The molecule has 1 aromatic rings. The number of carbonyl (C=O) groups is 1. The van der Waals surface area contributed by atoms with E-state index in [0.717, 1.165) is 6.54 Å². The third-order valence-electron chi connectivity index (χ3n) is 2.69. The van der Waals surface area contributed by atoms with Gasteiger partial charge in [0.05, 0.1) is 13.1 Å². The lowest BCUT2D eigenvalue weighted by Crippen LogP contribution is -2.36. The number of hydrogen-bond acceptors (Lipinski definition) is 5. The fourth-order valence-electron chi connectivity index (χ4n) is 1.55. The van der Waals surface area contributed by atoms with Crippen LogP contribution in [0, 0.1) is 0 Å². The van der Waals surface area contributed by atoms with Crippen LogP contribution in [0.15, 0.2) is 4.52 Å². The number of aromatic nitrogens is 2. The Balaban J connectivity index is 2.61. The fraction of sp³-hybridized carbons (Fsp3) is 0.769. The summed E-state index contributed by atoms with van der Waals surface area (Å²) in [5.41, 5.74) is -0.127. The van der Waals surface area contributed by atoms with E-state index in [4.69, 9.17) is 4.52 Å². The molecule has 19 heavy (non-hydrogen) atoms. The van der Waals surface area contributed by atoms with E-state index >= 15 is 0 Å². The van der Waals surface area contributed by atoms with Crippen molar-refractivity contribution in [2.45, 2.75) is 46.6 Å². The van der Waals surface area contributed by atoms with E-state index in [-0.39, 0.29) is 11.3 Å². The number of likely N-dealkylation sites (N-methyl/N-ethyl adjacent to an activating group) is 2. The minimum Gasteiger partial charge on any atom is -0.355 e. The van der Waals surface area contributed by atoms with Crippen LogP contribution in [0.3, 0.4) is 0 Å². The molecule has 0 aliphatic carbocycles. The highest BCUT2D eigenvalue weighted by Crippen LogP contribution is 2.18. The quantitative estimate of drug-likeness (QED) is 0.842. The number of nitrogens with zero attached hydrogens (tertiary/aromatic N) is 3. The fourth-order valence-corrected chi connectivity index (χ4v) is 1.55. The average molecular weight is 268 g/mol. The van der Waals surface area contributed by atoms with Crippen molar-refractivity contribution < 1.29 is 9.32 Å². The summed E-state index contributed by atoms with van der Waals surface area (Å²) in [6.45, 7) is 12.3. The van der Waals surface area contributed by atoms with Crippen molar-refractivity contribution in [1.29, 1.82) is 0 Å². The van der Waals surface area contributed by atoms with Gasteiger partial charge in [-0.15, -0.1) is 0 Å². The molecule has 0 saturated carbocycles. The van der Waals surface area contributed by atoms with Gasteiger partial charge in [0.2, 0.25) is 11.8 Å². The molecule has 1 N–H and O–H groups in total. The molecular weight excluding hydrogens is 244 g/mol. The van der Waals surface area contributed by atoms with Crippen LogP contribution in [0.25, 0.3) is 0 Å². The maximum absolute atomic E-state index is 11.5. The lowest BCUT2D eigenvalue weighted by molar-refractivity contribution is -0.122. The standard InChI is InChI=1S/C13H24N4O2/c1-6-14-10(18)8-17(7-2)9-11-15-12(16-19-11)13(3,4)5/h6-9H2,1-5H3,(H,14,18). The van der Waals surface area contributed by atoms with Crippen molar-refractivity contribution in [3.05, 3.63) is 11.7 Å². The van der Waals surface area contributed by atoms with Gasteiger partial charge >= 0.3 is 0 Å². The maximum atomic E-state index is 11.5. The maximum Gasteiger partial charge on any atom is 0.240 e. The van der Waals surface area contributed by atoms with Gasteiger partial charge in [0.1, 0.15) is 0 Å². The summed E-state index contributed by atoms with van der Waals surface area (Å²) in [4.78, 5) is 17.9. The first-order chi connectivity index (χ1) is 8.86. The molecule has 0 unspecified atom stereocenters. The minimum absolute atomic E-state index is 0.0138. The van der Waals surface area contributed by atoms with Crippen LogP contribution in [-0.2, 0) is 16.8 Å². The molecule has 1 rings (SSSR count). The highest BCUT2D eigenvalue weighted by molar-refractivity contribution is 5.77. The van der Waals surface area contributed by atoms with Crippen LogP contribution in [0.1, 0.15) is 46.3 Å². The molecule has 0 aliphatic rings. The van der Waals surface area contributed by atoms with Crippen molar-refractivity contribution in [2.24, 2.45) is 0 Å². The van der Waals surface area contributed by atoms with Crippen molar-refractivity contribution >= 4 is 5.91 Å². The summed E-state index contributed by atoms with van der Waals surface area (Å²) in [5.74, 6) is 1.26. The second-order valence-corrected chi connectivity index (χ2v) is 5.52. The van der Waals surface area contributed by atoms with Crippen molar-refractivity contribution in [2.75, 3.05) is 19.6 Å². The molecule has 0 saturated heterocycles. The highest BCUT2D eigenvalue weighted by Gasteiger charge is 2.21. The van der Waals surface area contributed by atoms with Crippen LogP contribution in [0.4, 0.5) is 0 Å². The van der Waals surface area contributed by atoms with Crippen LogP contribution in [-0.4, -0.2) is 40.6 Å². The number of hydrogen-bond donors (Lipinski definition) is 1. The Morgan fingerprint density at radius 1 is 1.37 bits per heavy atom. The zero-order valence-corrected chi connectivity index (χ0v) is 12.5. The summed E-state index contributed by atoms with van der Waals surface area (Å²) >= 11 is 0. The van der Waals surface area contributed by atoms with Gasteiger partial charge in [0.15, 0.2) is 5.82 Å². The van der Waals surface area contributed by atoms with Crippen LogP contribution in [0.2, 0.25) is 0 Å². The Morgan fingerprint density at radius 2 is 2.05 bits per heavy atom. The van der Waals surface area contributed by atoms with Gasteiger partial charge in [-0.1, -0.05) is 32.9 Å². The van der Waals surface area contributed by atoms with Gasteiger partial charge in [-0.05, 0) is 13.5 Å². The molecule has 6 heteroatoms. The third-order valence-corrected chi connectivity index (χ3v) is 2.69.